The third-order valence-electron chi connectivity index (χ3n) is 5.02. The molecule has 2 aliphatic rings. The second kappa shape index (κ2) is 6.10. The van der Waals surface area contributed by atoms with Crippen LogP contribution < -0.4 is 0 Å². The van der Waals surface area contributed by atoms with Gasteiger partial charge in [0.25, 0.3) is 0 Å². The summed E-state index contributed by atoms with van der Waals surface area (Å²) >= 11 is 0. The lowest BCUT2D eigenvalue weighted by Crippen LogP contribution is -2.34. The van der Waals surface area contributed by atoms with Gasteiger partial charge in [-0.1, -0.05) is 24.3 Å². The van der Waals surface area contributed by atoms with Crippen molar-refractivity contribution in [3.63, 3.8) is 0 Å². The summed E-state index contributed by atoms with van der Waals surface area (Å²) in [6, 6.07) is 9.34. The number of cyclic esters (lactones) is 1. The molecule has 2 aliphatic heterocycles. The second-order valence-corrected chi connectivity index (χ2v) is 6.42. The van der Waals surface area contributed by atoms with Crippen LogP contribution in [0.4, 0.5) is 18.0 Å². The molecule has 1 unspecified atom stereocenters. The normalized spacial score (nSPS) is 23.5. The van der Waals surface area contributed by atoms with Crippen LogP contribution in [0.15, 0.2) is 42.5 Å². The molecule has 130 valence electrons. The molecule has 2 saturated heterocycles. The molecule has 25 heavy (non-hydrogen) atoms. The fourth-order valence-corrected chi connectivity index (χ4v) is 3.89. The van der Waals surface area contributed by atoms with Crippen molar-refractivity contribution in [2.45, 2.75) is 30.9 Å². The smallest absolute Gasteiger partial charge is 0.410 e. The highest BCUT2D eigenvalue weighted by Crippen LogP contribution is 2.41. The summed E-state index contributed by atoms with van der Waals surface area (Å²) < 4.78 is 47.2. The molecule has 6 heteroatoms. The number of amides is 1. The van der Waals surface area contributed by atoms with Gasteiger partial charge in [0.1, 0.15) is 11.9 Å². The van der Waals surface area contributed by atoms with Gasteiger partial charge in [0.2, 0.25) is 0 Å². The van der Waals surface area contributed by atoms with Gasteiger partial charge in [-0.2, -0.15) is 0 Å². The highest BCUT2D eigenvalue weighted by Gasteiger charge is 2.49. The van der Waals surface area contributed by atoms with Gasteiger partial charge >= 0.3 is 6.09 Å². The molecule has 0 aliphatic carbocycles. The zero-order valence-corrected chi connectivity index (χ0v) is 13.3. The minimum absolute atomic E-state index is 0.109. The SMILES string of the molecule is O=C1O[C@H](C(c2ccc(F)cc2)c2cccc(F)c2F)[C@H]2CCCN12. The molecule has 0 saturated carbocycles. The van der Waals surface area contributed by atoms with Crippen LogP contribution in [0.2, 0.25) is 0 Å². The fourth-order valence-electron chi connectivity index (χ4n) is 3.89. The topological polar surface area (TPSA) is 29.5 Å². The van der Waals surface area contributed by atoms with E-state index in [1.807, 2.05) is 0 Å². The number of hydrogen-bond donors (Lipinski definition) is 0. The van der Waals surface area contributed by atoms with Crippen molar-refractivity contribution in [2.75, 3.05) is 6.54 Å². The largest absolute Gasteiger partial charge is 0.443 e. The fraction of sp³-hybridized carbons (Fsp3) is 0.316. The summed E-state index contributed by atoms with van der Waals surface area (Å²) in [6.45, 7) is 0.599. The first-order valence-corrected chi connectivity index (χ1v) is 8.23. The number of benzene rings is 2. The first-order valence-electron chi connectivity index (χ1n) is 8.23. The number of fused-ring (bicyclic) bond motifs is 1. The van der Waals surface area contributed by atoms with E-state index >= 15 is 0 Å². The van der Waals surface area contributed by atoms with E-state index in [9.17, 15) is 18.0 Å². The number of rotatable bonds is 3. The number of carbonyl (C=O) groups is 1. The molecule has 4 rings (SSSR count). The van der Waals surface area contributed by atoms with Gasteiger partial charge in [0.15, 0.2) is 11.6 Å². The van der Waals surface area contributed by atoms with E-state index in [0.717, 1.165) is 18.9 Å². The van der Waals surface area contributed by atoms with E-state index < -0.39 is 35.6 Å². The van der Waals surface area contributed by atoms with Crippen molar-refractivity contribution < 1.29 is 22.7 Å². The Balaban J connectivity index is 1.83. The zero-order valence-electron chi connectivity index (χ0n) is 13.3. The van der Waals surface area contributed by atoms with E-state index in [-0.39, 0.29) is 11.6 Å². The Bertz CT molecular complexity index is 809. The molecular weight excluding hydrogens is 331 g/mol. The standard InChI is InChI=1S/C19H16F3NO2/c20-12-8-6-11(7-9-12)16(13-3-1-4-14(21)17(13)22)18-15-5-2-10-23(15)19(24)25-18/h1,3-4,6-9,15-16,18H,2,5,10H2/t15-,16?,18+/m1/s1. The van der Waals surface area contributed by atoms with E-state index in [1.165, 1.54) is 36.4 Å². The average molecular weight is 347 g/mol. The van der Waals surface area contributed by atoms with Crippen molar-refractivity contribution in [2.24, 2.45) is 0 Å². The summed E-state index contributed by atoms with van der Waals surface area (Å²) in [7, 11) is 0. The summed E-state index contributed by atoms with van der Waals surface area (Å²) in [5, 5.41) is 0. The van der Waals surface area contributed by atoms with Crippen LogP contribution in [0.25, 0.3) is 0 Å². The average Bonchev–Trinajstić information content (AvgIpc) is 3.19. The van der Waals surface area contributed by atoms with Gasteiger partial charge < -0.3 is 9.64 Å². The van der Waals surface area contributed by atoms with Crippen molar-refractivity contribution in [1.82, 2.24) is 4.90 Å². The third-order valence-corrected chi connectivity index (χ3v) is 5.02. The molecule has 0 N–H and O–H groups in total. The number of nitrogens with zero attached hydrogens (tertiary/aromatic N) is 1. The molecule has 2 fully saturated rings. The summed E-state index contributed by atoms with van der Waals surface area (Å²) in [5.74, 6) is -3.05. The Labute approximate surface area is 143 Å². The highest BCUT2D eigenvalue weighted by molar-refractivity contribution is 5.71. The number of halogens is 3. The van der Waals surface area contributed by atoms with Crippen molar-refractivity contribution >= 4 is 6.09 Å². The monoisotopic (exact) mass is 347 g/mol. The Morgan fingerprint density at radius 3 is 2.60 bits per heavy atom. The molecule has 0 aromatic heterocycles. The summed E-state index contributed by atoms with van der Waals surface area (Å²) in [4.78, 5) is 13.8. The Kier molecular flexibility index (Phi) is 3.90. The Morgan fingerprint density at radius 2 is 1.84 bits per heavy atom. The summed E-state index contributed by atoms with van der Waals surface area (Å²) in [6.07, 6.45) is 0.511. The maximum absolute atomic E-state index is 14.5. The van der Waals surface area contributed by atoms with Crippen LogP contribution in [0.3, 0.4) is 0 Å². The minimum atomic E-state index is -0.968. The van der Waals surface area contributed by atoms with Gasteiger partial charge in [-0.05, 0) is 36.6 Å². The van der Waals surface area contributed by atoms with E-state index in [4.69, 9.17) is 4.74 Å². The van der Waals surface area contributed by atoms with Crippen LogP contribution in [0.5, 0.6) is 0 Å². The van der Waals surface area contributed by atoms with Crippen LogP contribution in [0, 0.1) is 17.5 Å². The highest BCUT2D eigenvalue weighted by atomic mass is 19.2. The van der Waals surface area contributed by atoms with Crippen molar-refractivity contribution in [1.29, 1.82) is 0 Å². The van der Waals surface area contributed by atoms with E-state index in [2.05, 4.69) is 0 Å². The summed E-state index contributed by atoms with van der Waals surface area (Å²) in [5.41, 5.74) is 0.690. The molecule has 3 atom stereocenters. The lowest BCUT2D eigenvalue weighted by Gasteiger charge is -2.27. The third kappa shape index (κ3) is 2.65. The molecule has 0 spiro atoms. The molecule has 2 aromatic carbocycles. The molecule has 0 radical (unpaired) electrons. The number of hydrogen-bond acceptors (Lipinski definition) is 2. The molecule has 1 amide bonds. The van der Waals surface area contributed by atoms with Gasteiger partial charge in [0.05, 0.1) is 12.0 Å². The van der Waals surface area contributed by atoms with Gasteiger partial charge in [0, 0.05) is 12.1 Å². The number of ether oxygens (including phenoxy) is 1. The Morgan fingerprint density at radius 1 is 1.08 bits per heavy atom. The van der Waals surface area contributed by atoms with E-state index in [0.29, 0.717) is 12.1 Å². The van der Waals surface area contributed by atoms with Crippen LogP contribution in [-0.4, -0.2) is 29.7 Å². The number of carbonyl (C=O) groups excluding carboxylic acids is 1. The zero-order chi connectivity index (χ0) is 17.6. The van der Waals surface area contributed by atoms with Gasteiger partial charge in [-0.25, -0.2) is 18.0 Å². The van der Waals surface area contributed by atoms with Crippen molar-refractivity contribution in [3.05, 3.63) is 71.0 Å². The maximum atomic E-state index is 14.5. The molecule has 2 heterocycles. The van der Waals surface area contributed by atoms with Crippen LogP contribution >= 0.6 is 0 Å². The van der Waals surface area contributed by atoms with Gasteiger partial charge in [-0.15, -0.1) is 0 Å². The molecule has 2 aromatic rings. The first-order chi connectivity index (χ1) is 12.1. The van der Waals surface area contributed by atoms with Crippen molar-refractivity contribution in [3.8, 4) is 0 Å². The first kappa shape index (κ1) is 16.0. The second-order valence-electron chi connectivity index (χ2n) is 6.42. The lowest BCUT2D eigenvalue weighted by molar-refractivity contribution is 0.117. The van der Waals surface area contributed by atoms with E-state index in [1.54, 1.807) is 4.90 Å². The maximum Gasteiger partial charge on any atom is 0.410 e. The minimum Gasteiger partial charge on any atom is -0.443 e. The molecule has 0 bridgehead atoms. The predicted octanol–water partition coefficient (Wildman–Crippen LogP) is 4.22. The molecule has 3 nitrogen and oxygen atoms in total. The lowest BCUT2D eigenvalue weighted by atomic mass is 9.83. The van der Waals surface area contributed by atoms with Gasteiger partial charge in [-0.3, -0.25) is 0 Å². The predicted molar refractivity (Wildman–Crippen MR) is 84.6 cm³/mol. The molecular formula is C19H16F3NO2. The Hall–Kier alpha value is -2.50. The van der Waals surface area contributed by atoms with Crippen LogP contribution in [0.1, 0.15) is 29.9 Å². The van der Waals surface area contributed by atoms with Crippen LogP contribution in [-0.2, 0) is 4.74 Å². The quantitative estimate of drug-likeness (QED) is 0.832.